The molecule has 0 aromatic carbocycles. The Kier molecular flexibility index (Phi) is 48.1. The molecule has 0 aromatic rings. The number of nitrogens with one attached hydrogen (secondary N) is 1. The Hall–Kier alpha value is -1.92. The molecule has 0 fully saturated rings. The molecule has 0 radical (unpaired) electrons. The second-order valence-corrected chi connectivity index (χ2v) is 17.9. The molecule has 0 saturated heterocycles. The van der Waals surface area contributed by atoms with E-state index in [1.807, 2.05) is 6.08 Å². The summed E-state index contributed by atoms with van der Waals surface area (Å²) < 4.78 is 5.47. The van der Waals surface area contributed by atoms with Crippen LogP contribution in [0.3, 0.4) is 0 Å². The van der Waals surface area contributed by atoms with Gasteiger partial charge in [-0.25, -0.2) is 0 Å². The number of hydrogen-bond acceptors (Lipinski definition) is 5. The zero-order valence-corrected chi connectivity index (χ0v) is 39.9. The van der Waals surface area contributed by atoms with Gasteiger partial charge in [-0.1, -0.05) is 230 Å². The van der Waals surface area contributed by atoms with Crippen molar-refractivity contribution in [3.8, 4) is 0 Å². The van der Waals surface area contributed by atoms with Crippen LogP contribution in [0.25, 0.3) is 0 Å². The molecule has 0 bridgehead atoms. The Morgan fingerprint density at radius 2 is 0.833 bits per heavy atom. The summed E-state index contributed by atoms with van der Waals surface area (Å²) in [6.45, 7) is 4.83. The van der Waals surface area contributed by atoms with Gasteiger partial charge < -0.3 is 20.3 Å². The topological polar surface area (TPSA) is 95.9 Å². The summed E-state index contributed by atoms with van der Waals surface area (Å²) in [6, 6.07) is -0.630. The first kappa shape index (κ1) is 58.1. The quantitative estimate of drug-likeness (QED) is 0.0322. The minimum Gasteiger partial charge on any atom is -0.466 e. The van der Waals surface area contributed by atoms with Crippen molar-refractivity contribution in [2.24, 2.45) is 0 Å². The van der Waals surface area contributed by atoms with E-state index in [2.05, 4.69) is 43.5 Å². The first-order chi connectivity index (χ1) is 29.5. The molecule has 3 N–H and O–H groups in total. The molecule has 0 spiro atoms. The number of allylic oxidation sites excluding steroid dienone is 5. The first-order valence-electron chi connectivity index (χ1n) is 26.3. The van der Waals surface area contributed by atoms with E-state index >= 15 is 0 Å². The fourth-order valence-electron chi connectivity index (χ4n) is 7.84. The minimum atomic E-state index is -0.846. The van der Waals surface area contributed by atoms with Crippen LogP contribution >= 0.6 is 0 Å². The number of unbranched alkanes of at least 4 members (excludes halogenated alkanes) is 33. The summed E-state index contributed by atoms with van der Waals surface area (Å²) in [6.07, 6.45) is 60.1. The van der Waals surface area contributed by atoms with Crippen molar-refractivity contribution in [2.45, 2.75) is 283 Å². The average Bonchev–Trinajstić information content (AvgIpc) is 3.25. The minimum absolute atomic E-state index is 0.00414. The molecule has 0 aliphatic heterocycles. The third kappa shape index (κ3) is 45.6. The zero-order chi connectivity index (χ0) is 43.7. The lowest BCUT2D eigenvalue weighted by Crippen LogP contribution is -2.45. The van der Waals surface area contributed by atoms with E-state index in [-0.39, 0.29) is 18.5 Å². The van der Waals surface area contributed by atoms with Gasteiger partial charge in [0.1, 0.15) is 0 Å². The maximum Gasteiger partial charge on any atom is 0.305 e. The van der Waals surface area contributed by atoms with Crippen LogP contribution in [-0.4, -0.2) is 47.4 Å². The van der Waals surface area contributed by atoms with Gasteiger partial charge in [0, 0.05) is 12.8 Å². The van der Waals surface area contributed by atoms with Crippen molar-refractivity contribution in [3.63, 3.8) is 0 Å². The maximum atomic E-state index is 12.4. The predicted octanol–water partition coefficient (Wildman–Crippen LogP) is 15.7. The maximum absolute atomic E-state index is 12.4. The van der Waals surface area contributed by atoms with Crippen LogP contribution in [0.2, 0.25) is 0 Å². The van der Waals surface area contributed by atoms with Crippen molar-refractivity contribution in [1.82, 2.24) is 5.32 Å². The molecule has 1 amide bonds. The Labute approximate surface area is 373 Å². The summed E-state index contributed by atoms with van der Waals surface area (Å²) in [4.78, 5) is 24.4. The summed E-state index contributed by atoms with van der Waals surface area (Å²) in [5.74, 6) is -0.0810. The zero-order valence-electron chi connectivity index (χ0n) is 39.9. The molecule has 6 heteroatoms. The molecular formula is C54H101NO5. The molecule has 6 nitrogen and oxygen atoms in total. The van der Waals surface area contributed by atoms with Crippen LogP contribution in [0.5, 0.6) is 0 Å². The highest BCUT2D eigenvalue weighted by Gasteiger charge is 2.18. The lowest BCUT2D eigenvalue weighted by Gasteiger charge is -2.20. The van der Waals surface area contributed by atoms with Gasteiger partial charge in [0.25, 0.3) is 0 Å². The molecule has 0 rings (SSSR count). The summed E-state index contributed by atoms with van der Waals surface area (Å²) in [5, 5.41) is 22.9. The largest absolute Gasteiger partial charge is 0.466 e. The summed E-state index contributed by atoms with van der Waals surface area (Å²) in [5.41, 5.74) is 0. The van der Waals surface area contributed by atoms with Crippen LogP contribution < -0.4 is 5.32 Å². The highest BCUT2D eigenvalue weighted by atomic mass is 16.5. The molecule has 60 heavy (non-hydrogen) atoms. The second-order valence-electron chi connectivity index (χ2n) is 17.9. The molecule has 0 heterocycles. The summed E-state index contributed by atoms with van der Waals surface area (Å²) in [7, 11) is 0. The lowest BCUT2D eigenvalue weighted by atomic mass is 10.0. The Balaban J connectivity index is 3.41. The van der Waals surface area contributed by atoms with Gasteiger partial charge in [0.05, 0.1) is 25.4 Å². The first-order valence-corrected chi connectivity index (χ1v) is 26.3. The molecule has 0 saturated carbocycles. The SMILES string of the molecule is CCCCC/C=C\C/C=C\CCCCCCCCCC(=O)OCCCCCCCCCCCCCCCCCCCC(=O)NC(CO)C(O)/C=C/CCCCCCCCC. The normalized spacial score (nSPS) is 12.9. The molecule has 0 aromatic heterocycles. The van der Waals surface area contributed by atoms with Gasteiger partial charge in [-0.3, -0.25) is 9.59 Å². The Morgan fingerprint density at radius 1 is 0.467 bits per heavy atom. The van der Waals surface area contributed by atoms with Gasteiger partial charge in [-0.05, 0) is 64.2 Å². The molecule has 352 valence electrons. The predicted molar refractivity (Wildman–Crippen MR) is 259 cm³/mol. The van der Waals surface area contributed by atoms with Gasteiger partial charge in [0.2, 0.25) is 5.91 Å². The third-order valence-corrected chi connectivity index (χ3v) is 11.9. The fraction of sp³-hybridized carbons (Fsp3) is 0.852. The van der Waals surface area contributed by atoms with Crippen LogP contribution in [-0.2, 0) is 14.3 Å². The van der Waals surface area contributed by atoms with E-state index in [4.69, 9.17) is 4.74 Å². The van der Waals surface area contributed by atoms with E-state index in [1.54, 1.807) is 6.08 Å². The molecule has 0 aliphatic rings. The fourth-order valence-corrected chi connectivity index (χ4v) is 7.84. The molecule has 2 atom stereocenters. The van der Waals surface area contributed by atoms with Crippen molar-refractivity contribution in [2.75, 3.05) is 13.2 Å². The highest BCUT2D eigenvalue weighted by molar-refractivity contribution is 5.76. The lowest BCUT2D eigenvalue weighted by molar-refractivity contribution is -0.143. The van der Waals surface area contributed by atoms with Crippen LogP contribution in [0.4, 0.5) is 0 Å². The van der Waals surface area contributed by atoms with Gasteiger partial charge in [0.15, 0.2) is 0 Å². The average molecular weight is 844 g/mol. The number of rotatable bonds is 48. The molecule has 2 unspecified atom stereocenters. The van der Waals surface area contributed by atoms with E-state index in [1.165, 1.54) is 193 Å². The van der Waals surface area contributed by atoms with Crippen LogP contribution in [0, 0.1) is 0 Å². The Bertz CT molecular complexity index is 977. The summed E-state index contributed by atoms with van der Waals surface area (Å²) >= 11 is 0. The van der Waals surface area contributed by atoms with Crippen molar-refractivity contribution >= 4 is 11.9 Å². The van der Waals surface area contributed by atoms with Crippen molar-refractivity contribution in [3.05, 3.63) is 36.5 Å². The van der Waals surface area contributed by atoms with Gasteiger partial charge >= 0.3 is 5.97 Å². The standard InChI is InChI=1S/C54H101NO5/c1-3-5-7-9-11-13-14-15-16-18-22-25-28-32-36-40-44-48-54(59)60-49-45-41-37-33-29-26-23-20-17-19-21-24-27-31-35-39-43-47-53(58)55-51(50-56)52(57)46-42-38-34-30-12-10-8-6-4-2/h11,13,15-16,42,46,51-52,56-57H,3-10,12,14,17-41,43-45,47-50H2,1-2H3,(H,55,58)/b13-11-,16-15-,46-42+. The van der Waals surface area contributed by atoms with E-state index < -0.39 is 12.1 Å². The van der Waals surface area contributed by atoms with E-state index in [9.17, 15) is 19.8 Å². The number of carbonyl (C=O) groups excluding carboxylic acids is 2. The molecule has 0 aliphatic carbocycles. The van der Waals surface area contributed by atoms with Gasteiger partial charge in [-0.15, -0.1) is 0 Å². The number of carbonyl (C=O) groups is 2. The van der Waals surface area contributed by atoms with Crippen molar-refractivity contribution in [1.29, 1.82) is 0 Å². The van der Waals surface area contributed by atoms with E-state index in [0.29, 0.717) is 19.4 Å². The number of hydrogen-bond donors (Lipinski definition) is 3. The smallest absolute Gasteiger partial charge is 0.305 e. The number of aliphatic hydroxyl groups excluding tert-OH is 2. The second kappa shape index (κ2) is 49.7. The number of esters is 1. The van der Waals surface area contributed by atoms with Crippen molar-refractivity contribution < 1.29 is 24.5 Å². The molecular weight excluding hydrogens is 743 g/mol. The highest BCUT2D eigenvalue weighted by Crippen LogP contribution is 2.16. The monoisotopic (exact) mass is 844 g/mol. The number of aliphatic hydroxyl groups is 2. The Morgan fingerprint density at radius 3 is 1.30 bits per heavy atom. The van der Waals surface area contributed by atoms with Crippen LogP contribution in [0.15, 0.2) is 36.5 Å². The third-order valence-electron chi connectivity index (χ3n) is 11.9. The number of amides is 1. The number of ether oxygens (including phenoxy) is 1. The van der Waals surface area contributed by atoms with E-state index in [0.717, 1.165) is 51.4 Å². The van der Waals surface area contributed by atoms with Crippen LogP contribution in [0.1, 0.15) is 271 Å². The van der Waals surface area contributed by atoms with Gasteiger partial charge in [-0.2, -0.15) is 0 Å².